The number of rotatable bonds is 39. The number of likely N-dealkylation sites (N-methyl/N-ethyl adjacent to an activating group) is 1. The van der Waals surface area contributed by atoms with Crippen LogP contribution in [0, 0.1) is 0 Å². The summed E-state index contributed by atoms with van der Waals surface area (Å²) in [5.74, 6) is -0.367. The fourth-order valence-electron chi connectivity index (χ4n) is 5.75. The lowest BCUT2D eigenvalue weighted by Crippen LogP contribution is -2.37. The van der Waals surface area contributed by atoms with Gasteiger partial charge in [0, 0.05) is 13.0 Å². The minimum atomic E-state index is -4.49. The van der Waals surface area contributed by atoms with Gasteiger partial charge in [-0.2, -0.15) is 0 Å². The average molecular weight is 732 g/mol. The van der Waals surface area contributed by atoms with Gasteiger partial charge in [-0.15, -0.1) is 0 Å². The van der Waals surface area contributed by atoms with Gasteiger partial charge in [0.25, 0.3) is 7.82 Å². The second kappa shape index (κ2) is 35.3. The van der Waals surface area contributed by atoms with Crippen LogP contribution >= 0.6 is 7.82 Å². The first-order chi connectivity index (χ1) is 24.1. The summed E-state index contributed by atoms with van der Waals surface area (Å²) >= 11 is 0. The van der Waals surface area contributed by atoms with Gasteiger partial charge < -0.3 is 27.9 Å². The first kappa shape index (κ1) is 49.2. The maximum Gasteiger partial charge on any atom is 0.306 e. The van der Waals surface area contributed by atoms with Gasteiger partial charge in [0.05, 0.1) is 34.4 Å². The number of carbonyl (C=O) groups excluding carboxylic acids is 1. The van der Waals surface area contributed by atoms with Crippen molar-refractivity contribution in [3.8, 4) is 0 Å². The number of carbonyl (C=O) groups is 1. The molecule has 2 unspecified atom stereocenters. The Morgan fingerprint density at radius 1 is 0.600 bits per heavy atom. The highest BCUT2D eigenvalue weighted by atomic mass is 31.2. The van der Waals surface area contributed by atoms with Crippen molar-refractivity contribution in [2.45, 2.75) is 193 Å². The third-order valence-electron chi connectivity index (χ3n) is 9.07. The van der Waals surface area contributed by atoms with Crippen LogP contribution in [0.2, 0.25) is 0 Å². The van der Waals surface area contributed by atoms with Crippen molar-refractivity contribution in [2.75, 3.05) is 54.1 Å². The lowest BCUT2D eigenvalue weighted by Gasteiger charge is -2.28. The largest absolute Gasteiger partial charge is 0.756 e. The number of nitrogens with zero attached hydrogens (tertiary/aromatic N) is 1. The molecule has 50 heavy (non-hydrogen) atoms. The van der Waals surface area contributed by atoms with Crippen LogP contribution in [0.3, 0.4) is 0 Å². The van der Waals surface area contributed by atoms with Gasteiger partial charge in [0.15, 0.2) is 0 Å². The Hall–Kier alpha value is -0.760. The smallest absolute Gasteiger partial charge is 0.306 e. The Bertz CT molecular complexity index is 817. The minimum Gasteiger partial charge on any atom is -0.756 e. The predicted molar refractivity (Wildman–Crippen MR) is 208 cm³/mol. The maximum atomic E-state index is 12.2. The second-order valence-electron chi connectivity index (χ2n) is 15.4. The van der Waals surface area contributed by atoms with Crippen molar-refractivity contribution in [2.24, 2.45) is 0 Å². The van der Waals surface area contributed by atoms with Crippen LogP contribution < -0.4 is 4.89 Å². The number of unbranched alkanes of at least 4 members (excludes halogenated alkanes) is 23. The molecular weight excluding hydrogens is 649 g/mol. The highest BCUT2D eigenvalue weighted by Gasteiger charge is 2.20. The van der Waals surface area contributed by atoms with Gasteiger partial charge in [-0.05, 0) is 38.5 Å². The van der Waals surface area contributed by atoms with Gasteiger partial charge in [-0.25, -0.2) is 0 Å². The lowest BCUT2D eigenvalue weighted by molar-refractivity contribution is -0.870. The molecule has 8 nitrogen and oxygen atoms in total. The molecule has 0 bridgehead atoms. The molecule has 0 radical (unpaired) electrons. The van der Waals surface area contributed by atoms with Crippen molar-refractivity contribution in [3.63, 3.8) is 0 Å². The summed E-state index contributed by atoms with van der Waals surface area (Å²) in [6.07, 6.45) is 37.8. The molecule has 0 fully saturated rings. The molecule has 0 N–H and O–H groups in total. The molecule has 0 aromatic heterocycles. The molecule has 0 amide bonds. The van der Waals surface area contributed by atoms with Crippen LogP contribution in [-0.2, 0) is 27.9 Å². The van der Waals surface area contributed by atoms with E-state index in [0.717, 1.165) is 25.7 Å². The minimum absolute atomic E-state index is 0.0276. The van der Waals surface area contributed by atoms with E-state index >= 15 is 0 Å². The number of quaternary nitrogens is 1. The second-order valence-corrected chi connectivity index (χ2v) is 16.8. The Morgan fingerprint density at radius 3 is 1.50 bits per heavy atom. The van der Waals surface area contributed by atoms with Gasteiger partial charge >= 0.3 is 5.97 Å². The highest BCUT2D eigenvalue weighted by Crippen LogP contribution is 2.38. The topological polar surface area (TPSA) is 94.1 Å². The first-order valence-corrected chi connectivity index (χ1v) is 22.4. The van der Waals surface area contributed by atoms with Crippen LogP contribution in [0.4, 0.5) is 0 Å². The highest BCUT2D eigenvalue weighted by molar-refractivity contribution is 7.45. The summed E-state index contributed by atoms with van der Waals surface area (Å²) in [5, 5.41) is 0. The zero-order chi connectivity index (χ0) is 37.0. The van der Waals surface area contributed by atoms with E-state index in [9.17, 15) is 14.3 Å². The van der Waals surface area contributed by atoms with Crippen LogP contribution in [-0.4, -0.2) is 70.7 Å². The van der Waals surface area contributed by atoms with E-state index in [-0.39, 0.29) is 25.8 Å². The fourth-order valence-corrected chi connectivity index (χ4v) is 6.48. The molecule has 9 heteroatoms. The summed E-state index contributed by atoms with van der Waals surface area (Å²) < 4.78 is 34.0. The van der Waals surface area contributed by atoms with E-state index in [2.05, 4.69) is 19.1 Å². The molecule has 0 aromatic rings. The molecule has 0 aliphatic rings. The number of hydrogen-bond donors (Lipinski definition) is 0. The third-order valence-corrected chi connectivity index (χ3v) is 10.0. The van der Waals surface area contributed by atoms with Crippen LogP contribution in [0.1, 0.15) is 187 Å². The Labute approximate surface area is 310 Å². The molecule has 0 saturated carbocycles. The molecule has 2 atom stereocenters. The molecule has 0 heterocycles. The molecular formula is C41H82NO7P. The monoisotopic (exact) mass is 732 g/mol. The Morgan fingerprint density at radius 2 is 1.04 bits per heavy atom. The summed E-state index contributed by atoms with van der Waals surface area (Å²) in [6, 6.07) is 0. The fraction of sp³-hybridized carbons (Fsp3) is 0.927. The van der Waals surface area contributed by atoms with Gasteiger partial charge in [-0.1, -0.05) is 154 Å². The Balaban J connectivity index is 3.71. The summed E-state index contributed by atoms with van der Waals surface area (Å²) in [4.78, 5) is 24.3. The summed E-state index contributed by atoms with van der Waals surface area (Å²) in [7, 11) is 1.36. The Kier molecular flexibility index (Phi) is 34.7. The quantitative estimate of drug-likeness (QED) is 0.0204. The van der Waals surface area contributed by atoms with E-state index in [1.165, 1.54) is 141 Å². The molecule has 0 spiro atoms. The zero-order valence-electron chi connectivity index (χ0n) is 33.6. The molecule has 0 aliphatic heterocycles. The van der Waals surface area contributed by atoms with Crippen molar-refractivity contribution in [1.29, 1.82) is 0 Å². The van der Waals surface area contributed by atoms with Crippen molar-refractivity contribution >= 4 is 13.8 Å². The normalized spacial score (nSPS) is 14.0. The van der Waals surface area contributed by atoms with E-state index < -0.39 is 13.9 Å². The number of phosphoric ester groups is 1. The zero-order valence-corrected chi connectivity index (χ0v) is 34.5. The van der Waals surface area contributed by atoms with E-state index in [1.54, 1.807) is 0 Å². The number of phosphoric acid groups is 1. The van der Waals surface area contributed by atoms with Gasteiger partial charge in [0.2, 0.25) is 0 Å². The van der Waals surface area contributed by atoms with E-state index in [0.29, 0.717) is 24.1 Å². The van der Waals surface area contributed by atoms with Gasteiger partial charge in [-0.3, -0.25) is 9.36 Å². The van der Waals surface area contributed by atoms with Crippen LogP contribution in [0.15, 0.2) is 12.2 Å². The van der Waals surface area contributed by atoms with Crippen molar-refractivity contribution in [1.82, 2.24) is 0 Å². The van der Waals surface area contributed by atoms with Crippen molar-refractivity contribution < 1.29 is 37.3 Å². The van der Waals surface area contributed by atoms with E-state index in [4.69, 9.17) is 18.5 Å². The molecule has 0 aliphatic carbocycles. The van der Waals surface area contributed by atoms with Gasteiger partial charge in [0.1, 0.15) is 19.3 Å². The number of ether oxygens (including phenoxy) is 2. The maximum absolute atomic E-state index is 12.2. The molecule has 0 saturated heterocycles. The van der Waals surface area contributed by atoms with Crippen LogP contribution in [0.5, 0.6) is 0 Å². The summed E-state index contributed by atoms with van der Waals surface area (Å²) in [6.45, 7) is 5.18. The molecule has 0 rings (SSSR count). The standard InChI is InChI=1S/C41H82NO7P/c1-6-8-10-11-12-13-14-15-16-17-18-19-20-21-22-23-24-25-26-27-28-29-30-31-32-33-36-46-38-40(49-41(43)34-9-7-2)39-48-50(44,45)47-37-35-42(3,4)5/h17-18,40H,6-16,19-39H2,1-5H3/b18-17-. The summed E-state index contributed by atoms with van der Waals surface area (Å²) in [5.41, 5.74) is 0. The SMILES string of the molecule is CCCCCCCCCC/C=C\CCCCCCCCCCCCCCCCOCC(COP(=O)([O-])OCC[N+](C)(C)C)OC(=O)CCCC. The lowest BCUT2D eigenvalue weighted by atomic mass is 10.0. The number of esters is 1. The average Bonchev–Trinajstić information content (AvgIpc) is 3.06. The van der Waals surface area contributed by atoms with Crippen molar-refractivity contribution in [3.05, 3.63) is 12.2 Å². The van der Waals surface area contributed by atoms with E-state index in [1.807, 2.05) is 28.1 Å². The third kappa shape index (κ3) is 38.5. The number of hydrogen-bond acceptors (Lipinski definition) is 7. The molecule has 0 aromatic carbocycles. The van der Waals surface area contributed by atoms with Crippen LogP contribution in [0.25, 0.3) is 0 Å². The predicted octanol–water partition coefficient (Wildman–Crippen LogP) is 11.3. The molecule has 298 valence electrons. The first-order valence-electron chi connectivity index (χ1n) is 20.9. The number of allylic oxidation sites excluding steroid dienone is 2.